The summed E-state index contributed by atoms with van der Waals surface area (Å²) in [5.74, 6) is -3.02. The highest BCUT2D eigenvalue weighted by Gasteiger charge is 2.44. The van der Waals surface area contributed by atoms with Crippen LogP contribution in [-0.4, -0.2) is 126 Å². The third kappa shape index (κ3) is 7.32. The lowest BCUT2D eigenvalue weighted by Crippen LogP contribution is -2.53. The number of nitrogens with one attached hydrogen (secondary N) is 1. The number of ether oxygens (including phenoxy) is 2. The molecule has 1 aromatic heterocycles. The Labute approximate surface area is 306 Å². The molecule has 0 radical (unpaired) electrons. The van der Waals surface area contributed by atoms with Crippen molar-refractivity contribution >= 4 is 66.6 Å². The monoisotopic (exact) mass is 781 g/mol. The minimum atomic E-state index is -4.71. The van der Waals surface area contributed by atoms with Crippen molar-refractivity contribution < 1.29 is 61.8 Å². The topological polar surface area (TPSA) is 209 Å². The van der Waals surface area contributed by atoms with Gasteiger partial charge in [0.25, 0.3) is 0 Å². The molecule has 0 saturated carbocycles. The Bertz CT molecular complexity index is 1920. The lowest BCUT2D eigenvalue weighted by molar-refractivity contribution is -0.144. The number of aliphatic imine (C=N–C) groups is 1. The molecule has 23 heteroatoms. The van der Waals surface area contributed by atoms with Crippen LogP contribution in [0.1, 0.15) is 37.7 Å². The van der Waals surface area contributed by atoms with E-state index in [1.54, 1.807) is 41.7 Å². The van der Waals surface area contributed by atoms with E-state index in [-0.39, 0.29) is 68.8 Å². The number of aromatic nitrogens is 3. The Morgan fingerprint density at radius 2 is 1.63 bits per heavy atom. The number of likely N-dealkylation sites (tertiary alicyclic amines) is 1. The van der Waals surface area contributed by atoms with Gasteiger partial charge < -0.3 is 43.9 Å². The highest BCUT2D eigenvalue weighted by atomic mass is 32.2. The Hall–Kier alpha value is -3.92. The molecule has 1 unspecified atom stereocenters. The Kier molecular flexibility index (Phi) is 10.1. The van der Waals surface area contributed by atoms with E-state index in [4.69, 9.17) is 23.8 Å². The van der Waals surface area contributed by atoms with Crippen molar-refractivity contribution in [3.8, 4) is 23.0 Å². The normalized spacial score (nSPS) is 21.4. The number of thioether (sulfide) groups is 3. The number of aromatic carboxylic acids is 2. The zero-order chi connectivity index (χ0) is 36.9. The second kappa shape index (κ2) is 14.5. The Balaban J connectivity index is 0.931. The standard InChI is InChI=1S/C29H28B2F3N5O10S3/c1-46-16-4-2-12-6-18(30(44)48-22(12)20(16)24(40)41)51-15-8-39(9-15)28-35-14(11-50-28)10-47-17-5-3-13-7-19(31(45)49-23(13)21(17)25(42)43)52-27-36-26(37-38-27)29(32,33)34/h2-5,14-15,18-19,44-45H,6-11H2,1H3,(H,40,41)(H,42,43)(H,36,37,38)/t14?,18-,19-/m0/s1. The molecule has 0 amide bonds. The number of benzene rings is 2. The largest absolute Gasteiger partial charge is 0.537 e. The number of methoxy groups -OCH3 is 1. The molecule has 5 heterocycles. The van der Waals surface area contributed by atoms with Gasteiger partial charge in [-0.05, 0) is 36.1 Å². The van der Waals surface area contributed by atoms with Crippen LogP contribution in [0.2, 0.25) is 0 Å². The first kappa shape index (κ1) is 36.4. The van der Waals surface area contributed by atoms with E-state index in [2.05, 4.69) is 15.0 Å². The van der Waals surface area contributed by atoms with Crippen LogP contribution in [0.25, 0.3) is 0 Å². The summed E-state index contributed by atoms with van der Waals surface area (Å²) in [6, 6.07) is 6.12. The van der Waals surface area contributed by atoms with Gasteiger partial charge in [0, 0.05) is 24.1 Å². The lowest BCUT2D eigenvalue weighted by atomic mass is 9.77. The van der Waals surface area contributed by atoms with E-state index in [0.29, 0.717) is 36.4 Å². The van der Waals surface area contributed by atoms with E-state index in [0.717, 1.165) is 16.9 Å². The first-order valence-electron chi connectivity index (χ1n) is 15.7. The maximum Gasteiger partial charge on any atom is 0.537 e. The van der Waals surface area contributed by atoms with Gasteiger partial charge in [-0.3, -0.25) is 10.1 Å². The van der Waals surface area contributed by atoms with Gasteiger partial charge >= 0.3 is 32.4 Å². The van der Waals surface area contributed by atoms with E-state index in [1.807, 2.05) is 5.10 Å². The third-order valence-electron chi connectivity index (χ3n) is 8.61. The molecule has 0 aliphatic carbocycles. The number of hydrogen-bond donors (Lipinski definition) is 5. The summed E-state index contributed by atoms with van der Waals surface area (Å²) in [5.41, 5.74) is 0.696. The number of nitrogens with zero attached hydrogens (tertiary/aromatic N) is 4. The van der Waals surface area contributed by atoms with Gasteiger partial charge in [-0.25, -0.2) is 9.59 Å². The fraction of sp³-hybridized carbons (Fsp3) is 0.414. The van der Waals surface area contributed by atoms with Gasteiger partial charge in [0.15, 0.2) is 5.17 Å². The zero-order valence-electron chi connectivity index (χ0n) is 26.9. The smallest absolute Gasteiger partial charge is 0.534 e. The van der Waals surface area contributed by atoms with Gasteiger partial charge in [-0.2, -0.15) is 29.9 Å². The number of rotatable bonds is 10. The number of aromatic amines is 1. The SMILES string of the molecule is COc1ccc2c(c1C(=O)O)OB(O)[C@@H](SC1CN(C3=NC(COc4ccc5c(c4C(=O)O)OB(O)[C@@H](Sc4n[nH]c(C(F)(F)F)n4)C5)CS3)C1)C2. The highest BCUT2D eigenvalue weighted by molar-refractivity contribution is 8.14. The van der Waals surface area contributed by atoms with Gasteiger partial charge in [0.1, 0.15) is 40.7 Å². The molecule has 15 nitrogen and oxygen atoms in total. The van der Waals surface area contributed by atoms with Crippen molar-refractivity contribution in [2.45, 2.75) is 45.8 Å². The number of carboxylic acid groups (broad SMARTS) is 2. The van der Waals surface area contributed by atoms with Crippen LogP contribution in [0.15, 0.2) is 34.4 Å². The predicted molar refractivity (Wildman–Crippen MR) is 185 cm³/mol. The average Bonchev–Trinajstić information content (AvgIpc) is 3.75. The summed E-state index contributed by atoms with van der Waals surface area (Å²) < 4.78 is 61.0. The molecular formula is C29H28B2F3N5O10S3. The van der Waals surface area contributed by atoms with E-state index in [9.17, 15) is 43.0 Å². The predicted octanol–water partition coefficient (Wildman–Crippen LogP) is 2.64. The summed E-state index contributed by atoms with van der Waals surface area (Å²) in [6.07, 6.45) is -4.22. The summed E-state index contributed by atoms with van der Waals surface area (Å²) in [4.78, 5) is 34.4. The number of H-pyrrole nitrogens is 1. The molecule has 1 saturated heterocycles. The molecule has 1 fully saturated rings. The van der Waals surface area contributed by atoms with Crippen LogP contribution in [0.3, 0.4) is 0 Å². The molecule has 7 rings (SSSR count). The Morgan fingerprint density at radius 3 is 2.25 bits per heavy atom. The summed E-state index contributed by atoms with van der Waals surface area (Å²) in [6.45, 7) is 1.43. The molecule has 4 aliphatic rings. The Morgan fingerprint density at radius 1 is 1.02 bits per heavy atom. The fourth-order valence-electron chi connectivity index (χ4n) is 6.08. The summed E-state index contributed by atoms with van der Waals surface area (Å²) in [7, 11) is -1.39. The summed E-state index contributed by atoms with van der Waals surface area (Å²) in [5, 5.41) is 46.0. The number of amidine groups is 1. The second-order valence-electron chi connectivity index (χ2n) is 12.1. The minimum absolute atomic E-state index is 0.0196. The van der Waals surface area contributed by atoms with Crippen LogP contribution < -0.4 is 18.8 Å². The van der Waals surface area contributed by atoms with Crippen molar-refractivity contribution in [1.29, 1.82) is 0 Å². The molecule has 0 spiro atoms. The highest BCUT2D eigenvalue weighted by Crippen LogP contribution is 2.42. The maximum atomic E-state index is 12.9. The van der Waals surface area contributed by atoms with Crippen molar-refractivity contribution in [3.05, 3.63) is 52.3 Å². The molecule has 4 aliphatic heterocycles. The van der Waals surface area contributed by atoms with Crippen LogP contribution in [0, 0.1) is 0 Å². The molecule has 5 N–H and O–H groups in total. The number of alkyl halides is 3. The maximum absolute atomic E-state index is 12.9. The minimum Gasteiger partial charge on any atom is -0.534 e. The first-order chi connectivity index (χ1) is 24.8. The van der Waals surface area contributed by atoms with Crippen LogP contribution in [0.4, 0.5) is 13.2 Å². The fourth-order valence-corrected chi connectivity index (χ4v) is 9.59. The van der Waals surface area contributed by atoms with E-state index >= 15 is 0 Å². The van der Waals surface area contributed by atoms with E-state index < -0.39 is 43.3 Å². The number of hydrogen-bond acceptors (Lipinski definition) is 15. The zero-order valence-corrected chi connectivity index (χ0v) is 29.4. The van der Waals surface area contributed by atoms with Crippen LogP contribution in [0.5, 0.6) is 23.0 Å². The lowest BCUT2D eigenvalue weighted by Gasteiger charge is -2.42. The number of carboxylic acids is 2. The number of fused-ring (bicyclic) bond motifs is 2. The second-order valence-corrected chi connectivity index (χ2v) is 15.8. The van der Waals surface area contributed by atoms with Gasteiger partial charge in [0.2, 0.25) is 11.0 Å². The average molecular weight is 781 g/mol. The molecule has 52 heavy (non-hydrogen) atoms. The first-order valence-corrected chi connectivity index (χ1v) is 18.5. The number of carbonyl (C=O) groups is 2. The molecule has 0 bridgehead atoms. The third-order valence-corrected chi connectivity index (χ3v) is 12.3. The van der Waals surface area contributed by atoms with Crippen LogP contribution >= 0.6 is 35.3 Å². The van der Waals surface area contributed by atoms with E-state index in [1.165, 1.54) is 13.2 Å². The van der Waals surface area contributed by atoms with Crippen molar-refractivity contribution in [2.75, 3.05) is 32.6 Å². The molecular weight excluding hydrogens is 753 g/mol. The molecule has 2 aromatic carbocycles. The van der Waals surface area contributed by atoms with Crippen LogP contribution in [-0.2, 0) is 19.0 Å². The van der Waals surface area contributed by atoms with Gasteiger partial charge in [0.05, 0.1) is 23.5 Å². The van der Waals surface area contributed by atoms with Crippen molar-refractivity contribution in [3.63, 3.8) is 0 Å². The van der Waals surface area contributed by atoms with Gasteiger partial charge in [-0.15, -0.1) is 5.10 Å². The quantitative estimate of drug-likeness (QED) is 0.187. The van der Waals surface area contributed by atoms with Crippen molar-refractivity contribution in [2.24, 2.45) is 4.99 Å². The van der Waals surface area contributed by atoms with Gasteiger partial charge in [-0.1, -0.05) is 35.7 Å². The summed E-state index contributed by atoms with van der Waals surface area (Å²) >= 11 is 3.89. The van der Waals surface area contributed by atoms with Crippen molar-refractivity contribution in [1.82, 2.24) is 20.1 Å². The molecule has 3 atom stereocenters. The molecule has 274 valence electrons. The molecule has 3 aromatic rings. The number of halogens is 3.